The van der Waals surface area contributed by atoms with E-state index in [4.69, 9.17) is 0 Å². The first-order chi connectivity index (χ1) is 26.8. The number of para-hydroxylation sites is 1. The van der Waals surface area contributed by atoms with Crippen molar-refractivity contribution in [3.05, 3.63) is 212 Å². The van der Waals surface area contributed by atoms with Gasteiger partial charge in [0.15, 0.2) is 0 Å². The van der Waals surface area contributed by atoms with Gasteiger partial charge in [0.05, 0.1) is 11.4 Å². The van der Waals surface area contributed by atoms with Gasteiger partial charge in [-0.1, -0.05) is 164 Å². The molecule has 0 aliphatic carbocycles. The standard InChI is InChI=1S/C52H35NS/c1-4-14-36(15-5-1)42-30-33-50-47(35-42)52-49(24-13-25-51(52)54-50)53(48-23-11-10-21-45(48)39-18-8-3-9-19-39)43-31-28-37(29-32-43)41-27-26-40-20-12-22-44(46(40)34-41)38-16-6-2-7-17-38/h1-35H. The highest BCUT2D eigenvalue weighted by Crippen LogP contribution is 2.48. The van der Waals surface area contributed by atoms with Gasteiger partial charge in [-0.2, -0.15) is 0 Å². The van der Waals surface area contributed by atoms with Crippen molar-refractivity contribution >= 4 is 59.3 Å². The van der Waals surface area contributed by atoms with Crippen LogP contribution in [0.25, 0.3) is 75.5 Å². The quantitative estimate of drug-likeness (QED) is 0.160. The molecule has 0 unspecified atom stereocenters. The van der Waals surface area contributed by atoms with Gasteiger partial charge in [0.2, 0.25) is 0 Å². The van der Waals surface area contributed by atoms with Crippen molar-refractivity contribution in [2.24, 2.45) is 0 Å². The number of anilines is 3. The number of rotatable bonds is 7. The zero-order valence-corrected chi connectivity index (χ0v) is 30.4. The summed E-state index contributed by atoms with van der Waals surface area (Å²) in [5.74, 6) is 0. The summed E-state index contributed by atoms with van der Waals surface area (Å²) >= 11 is 1.86. The van der Waals surface area contributed by atoms with E-state index in [1.807, 2.05) is 11.3 Å². The second-order valence-corrected chi connectivity index (χ2v) is 14.8. The lowest BCUT2D eigenvalue weighted by atomic mass is 9.94. The maximum atomic E-state index is 2.46. The highest BCUT2D eigenvalue weighted by atomic mass is 32.1. The van der Waals surface area contributed by atoms with Gasteiger partial charge >= 0.3 is 0 Å². The third-order valence-corrected chi connectivity index (χ3v) is 11.6. The molecule has 0 atom stereocenters. The van der Waals surface area contributed by atoms with E-state index in [-0.39, 0.29) is 0 Å². The Bertz CT molecular complexity index is 2910. The van der Waals surface area contributed by atoms with Crippen molar-refractivity contribution in [3.63, 3.8) is 0 Å². The Morgan fingerprint density at radius 1 is 0.315 bits per heavy atom. The van der Waals surface area contributed by atoms with E-state index >= 15 is 0 Å². The van der Waals surface area contributed by atoms with E-state index in [0.29, 0.717) is 0 Å². The monoisotopic (exact) mass is 705 g/mol. The fourth-order valence-electron chi connectivity index (χ4n) is 7.87. The molecule has 0 amide bonds. The molecular weight excluding hydrogens is 671 g/mol. The minimum atomic E-state index is 1.11. The predicted molar refractivity (Wildman–Crippen MR) is 233 cm³/mol. The molecule has 0 bridgehead atoms. The highest BCUT2D eigenvalue weighted by Gasteiger charge is 2.21. The van der Waals surface area contributed by atoms with E-state index in [0.717, 1.165) is 11.4 Å². The molecule has 2 heteroatoms. The summed E-state index contributed by atoms with van der Waals surface area (Å²) < 4.78 is 2.56. The molecule has 254 valence electrons. The smallest absolute Gasteiger partial charge is 0.0555 e. The van der Waals surface area contributed by atoms with Crippen LogP contribution in [0.3, 0.4) is 0 Å². The van der Waals surface area contributed by atoms with E-state index in [1.54, 1.807) is 0 Å². The van der Waals surface area contributed by atoms with Gasteiger partial charge in [0.1, 0.15) is 0 Å². The Kier molecular flexibility index (Phi) is 8.09. The van der Waals surface area contributed by atoms with Crippen LogP contribution in [0.15, 0.2) is 212 Å². The van der Waals surface area contributed by atoms with Crippen LogP contribution in [-0.4, -0.2) is 0 Å². The lowest BCUT2D eigenvalue weighted by Gasteiger charge is -2.29. The van der Waals surface area contributed by atoms with Gasteiger partial charge < -0.3 is 4.90 Å². The third kappa shape index (κ3) is 5.74. The molecule has 9 aromatic carbocycles. The van der Waals surface area contributed by atoms with E-state index < -0.39 is 0 Å². The molecule has 1 aromatic heterocycles. The Labute approximate surface area is 319 Å². The highest BCUT2D eigenvalue weighted by molar-refractivity contribution is 7.26. The zero-order chi connectivity index (χ0) is 35.8. The summed E-state index contributed by atoms with van der Waals surface area (Å²) in [4.78, 5) is 2.46. The average Bonchev–Trinajstić information content (AvgIpc) is 3.63. The normalized spacial score (nSPS) is 11.3. The van der Waals surface area contributed by atoms with Gasteiger partial charge in [0.25, 0.3) is 0 Å². The molecule has 1 heterocycles. The summed E-state index contributed by atoms with van der Waals surface area (Å²) in [6.45, 7) is 0. The van der Waals surface area contributed by atoms with Crippen molar-refractivity contribution in [2.45, 2.75) is 0 Å². The van der Waals surface area contributed by atoms with Gasteiger partial charge in [-0.25, -0.2) is 0 Å². The number of nitrogens with zero attached hydrogens (tertiary/aromatic N) is 1. The second kappa shape index (κ2) is 13.7. The lowest BCUT2D eigenvalue weighted by Crippen LogP contribution is -2.11. The Balaban J connectivity index is 1.15. The maximum absolute atomic E-state index is 2.46. The molecule has 10 rings (SSSR count). The van der Waals surface area contributed by atoms with Gasteiger partial charge in [0, 0.05) is 31.4 Å². The van der Waals surface area contributed by atoms with Crippen molar-refractivity contribution in [1.29, 1.82) is 0 Å². The Hall–Kier alpha value is -6.74. The molecule has 0 radical (unpaired) electrons. The SMILES string of the molecule is c1ccc(-c2ccc3sc4cccc(N(c5ccc(-c6ccc7cccc(-c8ccccc8)c7c6)cc5)c5ccccc5-c5ccccc5)c4c3c2)cc1. The average molecular weight is 706 g/mol. The fourth-order valence-corrected chi connectivity index (χ4v) is 8.97. The largest absolute Gasteiger partial charge is 0.309 e. The first kappa shape index (κ1) is 32.0. The third-order valence-electron chi connectivity index (χ3n) is 10.5. The minimum absolute atomic E-state index is 1.11. The van der Waals surface area contributed by atoms with E-state index in [9.17, 15) is 0 Å². The minimum Gasteiger partial charge on any atom is -0.309 e. The van der Waals surface area contributed by atoms with Crippen LogP contribution in [0.2, 0.25) is 0 Å². The number of thiophene rings is 1. The predicted octanol–water partition coefficient (Wildman–Crippen LogP) is 15.3. The first-order valence-electron chi connectivity index (χ1n) is 18.4. The van der Waals surface area contributed by atoms with Crippen LogP contribution in [0.1, 0.15) is 0 Å². The van der Waals surface area contributed by atoms with Crippen LogP contribution >= 0.6 is 11.3 Å². The Morgan fingerprint density at radius 2 is 0.852 bits per heavy atom. The summed E-state index contributed by atoms with van der Waals surface area (Å²) in [5.41, 5.74) is 13.1. The maximum Gasteiger partial charge on any atom is 0.0555 e. The molecule has 54 heavy (non-hydrogen) atoms. The van der Waals surface area contributed by atoms with Crippen LogP contribution in [-0.2, 0) is 0 Å². The number of hydrogen-bond acceptors (Lipinski definition) is 2. The van der Waals surface area contributed by atoms with Crippen LogP contribution in [0.4, 0.5) is 17.1 Å². The van der Waals surface area contributed by atoms with Gasteiger partial charge in [-0.3, -0.25) is 0 Å². The van der Waals surface area contributed by atoms with Crippen LogP contribution in [0.5, 0.6) is 0 Å². The molecule has 0 aliphatic rings. The molecule has 1 nitrogen and oxygen atoms in total. The molecule has 10 aromatic rings. The molecule has 0 saturated heterocycles. The van der Waals surface area contributed by atoms with Gasteiger partial charge in [-0.15, -0.1) is 11.3 Å². The number of benzene rings is 9. The molecule has 0 fully saturated rings. The topological polar surface area (TPSA) is 3.24 Å². The summed E-state index contributed by atoms with van der Waals surface area (Å²) in [5, 5.41) is 5.04. The summed E-state index contributed by atoms with van der Waals surface area (Å²) in [7, 11) is 0. The number of hydrogen-bond donors (Lipinski definition) is 0. The molecule has 0 aliphatic heterocycles. The molecular formula is C52H35NS. The van der Waals surface area contributed by atoms with Crippen molar-refractivity contribution in [3.8, 4) is 44.5 Å². The molecule has 0 saturated carbocycles. The van der Waals surface area contributed by atoms with Crippen LogP contribution in [0, 0.1) is 0 Å². The number of fused-ring (bicyclic) bond motifs is 4. The summed E-state index contributed by atoms with van der Waals surface area (Å²) in [6.07, 6.45) is 0. The first-order valence-corrected chi connectivity index (χ1v) is 19.2. The molecule has 0 N–H and O–H groups in total. The summed E-state index contributed by atoms with van der Waals surface area (Å²) in [6, 6.07) is 77.1. The second-order valence-electron chi connectivity index (χ2n) is 13.7. The lowest BCUT2D eigenvalue weighted by molar-refractivity contribution is 1.30. The van der Waals surface area contributed by atoms with Gasteiger partial charge in [-0.05, 0) is 98.2 Å². The zero-order valence-electron chi connectivity index (χ0n) is 29.6. The Morgan fingerprint density at radius 3 is 1.59 bits per heavy atom. The van der Waals surface area contributed by atoms with Crippen molar-refractivity contribution in [1.82, 2.24) is 0 Å². The van der Waals surface area contributed by atoms with E-state index in [1.165, 1.54) is 81.1 Å². The van der Waals surface area contributed by atoms with Crippen LogP contribution < -0.4 is 4.90 Å². The fraction of sp³-hybridized carbons (Fsp3) is 0. The van der Waals surface area contributed by atoms with E-state index in [2.05, 4.69) is 217 Å². The van der Waals surface area contributed by atoms with Crippen molar-refractivity contribution in [2.75, 3.05) is 4.90 Å². The van der Waals surface area contributed by atoms with Crippen molar-refractivity contribution < 1.29 is 0 Å². The molecule has 0 spiro atoms.